The van der Waals surface area contributed by atoms with E-state index in [4.69, 9.17) is 4.74 Å². The summed E-state index contributed by atoms with van der Waals surface area (Å²) in [6.45, 7) is 6.11. The van der Waals surface area contributed by atoms with E-state index < -0.39 is 0 Å². The number of hydrogen-bond donors (Lipinski definition) is 0. The van der Waals surface area contributed by atoms with Crippen LogP contribution >= 0.6 is 0 Å². The third kappa shape index (κ3) is 2.91. The molecule has 1 aliphatic rings. The number of benzene rings is 1. The molecule has 1 aromatic rings. The Morgan fingerprint density at radius 3 is 2.88 bits per heavy atom. The molecule has 0 fully saturated rings. The van der Waals surface area contributed by atoms with Crippen LogP contribution in [0.5, 0.6) is 5.75 Å². The van der Waals surface area contributed by atoms with Gasteiger partial charge in [-0.05, 0) is 38.2 Å². The third-order valence-corrected chi connectivity index (χ3v) is 3.21. The van der Waals surface area contributed by atoms with Gasteiger partial charge in [-0.2, -0.15) is 0 Å². The fourth-order valence-electron chi connectivity index (χ4n) is 2.09. The minimum Gasteiger partial charge on any atom is -0.490 e. The Morgan fingerprint density at radius 2 is 2.18 bits per heavy atom. The van der Waals surface area contributed by atoms with Gasteiger partial charge >= 0.3 is 0 Å². The van der Waals surface area contributed by atoms with E-state index in [1.165, 1.54) is 11.3 Å². The molecule has 0 saturated carbocycles. The number of aryl methyl sites for hydroxylation is 1. The first-order chi connectivity index (χ1) is 8.20. The van der Waals surface area contributed by atoms with Crippen LogP contribution in [0.2, 0.25) is 0 Å². The molecule has 17 heavy (non-hydrogen) atoms. The first-order valence-corrected chi connectivity index (χ1v) is 6.36. The Bertz CT molecular complexity index is 376. The summed E-state index contributed by atoms with van der Waals surface area (Å²) in [4.78, 5) is 4.63. The Hall–Kier alpha value is -1.22. The quantitative estimate of drug-likeness (QED) is 0.792. The van der Waals surface area contributed by atoms with Crippen LogP contribution in [-0.2, 0) is 6.42 Å². The standard InChI is InChI=1S/C14H22N2O/c1-4-12-5-6-13-14(11-12)17-10-9-16(13)8-7-15(2)3/h5-6,11H,4,7-10H2,1-3H3. The Labute approximate surface area is 104 Å². The summed E-state index contributed by atoms with van der Waals surface area (Å²) < 4.78 is 5.75. The van der Waals surface area contributed by atoms with E-state index in [0.29, 0.717) is 0 Å². The lowest BCUT2D eigenvalue weighted by molar-refractivity contribution is 0.302. The third-order valence-electron chi connectivity index (χ3n) is 3.21. The Morgan fingerprint density at radius 1 is 1.35 bits per heavy atom. The molecule has 0 N–H and O–H groups in total. The number of likely N-dealkylation sites (N-methyl/N-ethyl adjacent to an activating group) is 1. The van der Waals surface area contributed by atoms with Crippen molar-refractivity contribution in [3.05, 3.63) is 23.8 Å². The second kappa shape index (κ2) is 5.41. The SMILES string of the molecule is CCc1ccc2c(c1)OCCN2CCN(C)C. The van der Waals surface area contributed by atoms with Gasteiger partial charge in [0.2, 0.25) is 0 Å². The van der Waals surface area contributed by atoms with Crippen molar-refractivity contribution in [2.24, 2.45) is 0 Å². The maximum absolute atomic E-state index is 5.75. The highest BCUT2D eigenvalue weighted by atomic mass is 16.5. The topological polar surface area (TPSA) is 15.7 Å². The smallest absolute Gasteiger partial charge is 0.142 e. The molecule has 0 aliphatic carbocycles. The first kappa shape index (κ1) is 12.2. The van der Waals surface area contributed by atoms with Crippen molar-refractivity contribution in [2.75, 3.05) is 45.2 Å². The second-order valence-corrected chi connectivity index (χ2v) is 4.79. The van der Waals surface area contributed by atoms with E-state index >= 15 is 0 Å². The van der Waals surface area contributed by atoms with Crippen molar-refractivity contribution in [3.8, 4) is 5.75 Å². The number of rotatable bonds is 4. The highest BCUT2D eigenvalue weighted by molar-refractivity contribution is 5.61. The molecule has 0 aromatic heterocycles. The van der Waals surface area contributed by atoms with Crippen LogP contribution in [0.1, 0.15) is 12.5 Å². The summed E-state index contributed by atoms with van der Waals surface area (Å²) in [6, 6.07) is 6.58. The molecule has 3 heteroatoms. The maximum atomic E-state index is 5.75. The van der Waals surface area contributed by atoms with Gasteiger partial charge in [-0.1, -0.05) is 13.0 Å². The largest absolute Gasteiger partial charge is 0.490 e. The lowest BCUT2D eigenvalue weighted by Crippen LogP contribution is -2.37. The monoisotopic (exact) mass is 234 g/mol. The molecule has 3 nitrogen and oxygen atoms in total. The molecular formula is C14H22N2O. The molecule has 1 heterocycles. The van der Waals surface area contributed by atoms with Crippen LogP contribution in [0, 0.1) is 0 Å². The molecule has 1 aliphatic heterocycles. The van der Waals surface area contributed by atoms with Gasteiger partial charge in [0, 0.05) is 13.1 Å². The zero-order chi connectivity index (χ0) is 12.3. The van der Waals surface area contributed by atoms with Gasteiger partial charge in [-0.3, -0.25) is 0 Å². The van der Waals surface area contributed by atoms with Gasteiger partial charge in [-0.15, -0.1) is 0 Å². The van der Waals surface area contributed by atoms with Crippen molar-refractivity contribution in [1.82, 2.24) is 4.90 Å². The molecule has 2 rings (SSSR count). The molecule has 94 valence electrons. The van der Waals surface area contributed by atoms with Crippen molar-refractivity contribution >= 4 is 5.69 Å². The maximum Gasteiger partial charge on any atom is 0.142 e. The van der Waals surface area contributed by atoms with Crippen LogP contribution in [0.25, 0.3) is 0 Å². The fourth-order valence-corrected chi connectivity index (χ4v) is 2.09. The summed E-state index contributed by atoms with van der Waals surface area (Å²) >= 11 is 0. The molecular weight excluding hydrogens is 212 g/mol. The van der Waals surface area contributed by atoms with Gasteiger partial charge in [0.1, 0.15) is 12.4 Å². The van der Waals surface area contributed by atoms with E-state index in [9.17, 15) is 0 Å². The molecule has 0 unspecified atom stereocenters. The molecule has 0 spiro atoms. The number of anilines is 1. The molecule has 0 amide bonds. The van der Waals surface area contributed by atoms with Crippen LogP contribution in [0.15, 0.2) is 18.2 Å². The van der Waals surface area contributed by atoms with Gasteiger partial charge in [-0.25, -0.2) is 0 Å². The summed E-state index contributed by atoms with van der Waals surface area (Å²) in [7, 11) is 4.23. The van der Waals surface area contributed by atoms with Crippen molar-refractivity contribution in [1.29, 1.82) is 0 Å². The van der Waals surface area contributed by atoms with Gasteiger partial charge in [0.15, 0.2) is 0 Å². The Balaban J connectivity index is 2.14. The Kier molecular flexibility index (Phi) is 3.89. The predicted octanol–water partition coefficient (Wildman–Crippen LogP) is 2.01. The number of fused-ring (bicyclic) bond motifs is 1. The summed E-state index contributed by atoms with van der Waals surface area (Å²) in [5.41, 5.74) is 2.59. The van der Waals surface area contributed by atoms with Gasteiger partial charge in [0.25, 0.3) is 0 Å². The summed E-state index contributed by atoms with van der Waals surface area (Å²) in [5, 5.41) is 0. The van der Waals surface area contributed by atoms with Crippen LogP contribution < -0.4 is 9.64 Å². The highest BCUT2D eigenvalue weighted by Gasteiger charge is 2.17. The molecule has 0 atom stereocenters. The van der Waals surface area contributed by atoms with Crippen LogP contribution in [0.4, 0.5) is 5.69 Å². The van der Waals surface area contributed by atoms with E-state index in [1.807, 2.05) is 0 Å². The molecule has 0 radical (unpaired) electrons. The normalized spacial score (nSPS) is 14.7. The predicted molar refractivity (Wildman–Crippen MR) is 72.1 cm³/mol. The number of ether oxygens (including phenoxy) is 1. The van der Waals surface area contributed by atoms with Gasteiger partial charge in [0.05, 0.1) is 12.2 Å². The van der Waals surface area contributed by atoms with Crippen molar-refractivity contribution in [3.63, 3.8) is 0 Å². The molecule has 0 bridgehead atoms. The first-order valence-electron chi connectivity index (χ1n) is 6.36. The summed E-state index contributed by atoms with van der Waals surface area (Å²) in [5.74, 6) is 1.05. The van der Waals surface area contributed by atoms with E-state index in [1.54, 1.807) is 0 Å². The number of nitrogens with zero attached hydrogens (tertiary/aromatic N) is 2. The van der Waals surface area contributed by atoms with E-state index in [2.05, 4.69) is 49.0 Å². The van der Waals surface area contributed by atoms with Crippen molar-refractivity contribution in [2.45, 2.75) is 13.3 Å². The van der Waals surface area contributed by atoms with Crippen LogP contribution in [0.3, 0.4) is 0 Å². The second-order valence-electron chi connectivity index (χ2n) is 4.79. The van der Waals surface area contributed by atoms with Gasteiger partial charge < -0.3 is 14.5 Å². The molecule has 1 aromatic carbocycles. The average Bonchev–Trinajstić information content (AvgIpc) is 2.35. The van der Waals surface area contributed by atoms with E-state index in [-0.39, 0.29) is 0 Å². The lowest BCUT2D eigenvalue weighted by Gasteiger charge is -2.32. The fraction of sp³-hybridized carbons (Fsp3) is 0.571. The number of hydrogen-bond acceptors (Lipinski definition) is 3. The minimum atomic E-state index is 0.799. The lowest BCUT2D eigenvalue weighted by atomic mass is 10.1. The van der Waals surface area contributed by atoms with Crippen LogP contribution in [-0.4, -0.2) is 45.2 Å². The minimum absolute atomic E-state index is 0.799. The zero-order valence-corrected chi connectivity index (χ0v) is 11.1. The molecule has 0 saturated heterocycles. The highest BCUT2D eigenvalue weighted by Crippen LogP contribution is 2.32. The zero-order valence-electron chi connectivity index (χ0n) is 11.1. The summed E-state index contributed by atoms with van der Waals surface area (Å²) in [6.07, 6.45) is 1.06. The average molecular weight is 234 g/mol. The van der Waals surface area contributed by atoms with E-state index in [0.717, 1.165) is 38.4 Å². The van der Waals surface area contributed by atoms with Crippen molar-refractivity contribution < 1.29 is 4.74 Å².